The van der Waals surface area contributed by atoms with Crippen LogP contribution in [0.15, 0.2) is 30.3 Å². The zero-order valence-corrected chi connectivity index (χ0v) is 8.53. The van der Waals surface area contributed by atoms with E-state index in [1.165, 1.54) is 31.4 Å². The molecule has 0 unspecified atom stereocenters. The lowest BCUT2D eigenvalue weighted by Gasteiger charge is -2.09. The number of carboxylic acid groups (broad SMARTS) is 1. The van der Waals surface area contributed by atoms with E-state index in [-0.39, 0.29) is 11.3 Å². The van der Waals surface area contributed by atoms with Crippen LogP contribution in [0.4, 0.5) is 4.39 Å². The monoisotopic (exact) mass is 220 g/mol. The molecule has 2 aromatic rings. The Morgan fingerprint density at radius 1 is 1.25 bits per heavy atom. The van der Waals surface area contributed by atoms with Gasteiger partial charge in [0.1, 0.15) is 17.1 Å². The quantitative estimate of drug-likeness (QED) is 0.846. The summed E-state index contributed by atoms with van der Waals surface area (Å²) in [7, 11) is 1.37. The van der Waals surface area contributed by atoms with Gasteiger partial charge in [0, 0.05) is 10.8 Å². The molecule has 0 aromatic heterocycles. The lowest BCUT2D eigenvalue weighted by molar-refractivity contribution is 0.0693. The van der Waals surface area contributed by atoms with Gasteiger partial charge in [-0.25, -0.2) is 9.18 Å². The first-order valence-corrected chi connectivity index (χ1v) is 4.63. The third kappa shape index (κ3) is 1.48. The summed E-state index contributed by atoms with van der Waals surface area (Å²) >= 11 is 0. The average molecular weight is 220 g/mol. The fourth-order valence-corrected chi connectivity index (χ4v) is 1.68. The van der Waals surface area contributed by atoms with Crippen LogP contribution in [0.5, 0.6) is 5.75 Å². The maximum Gasteiger partial charge on any atom is 0.339 e. The Hall–Kier alpha value is -2.10. The third-order valence-electron chi connectivity index (χ3n) is 2.39. The van der Waals surface area contributed by atoms with Crippen molar-refractivity contribution in [2.24, 2.45) is 0 Å². The first-order valence-electron chi connectivity index (χ1n) is 4.63. The Morgan fingerprint density at radius 3 is 2.62 bits per heavy atom. The topological polar surface area (TPSA) is 46.5 Å². The number of carbonyl (C=O) groups is 1. The molecule has 4 heteroatoms. The van der Waals surface area contributed by atoms with E-state index in [4.69, 9.17) is 9.84 Å². The second-order valence-corrected chi connectivity index (χ2v) is 3.29. The maximum atomic E-state index is 13.4. The second-order valence-electron chi connectivity index (χ2n) is 3.29. The number of methoxy groups -OCH3 is 1. The van der Waals surface area contributed by atoms with Crippen molar-refractivity contribution in [2.45, 2.75) is 0 Å². The van der Waals surface area contributed by atoms with Crippen molar-refractivity contribution >= 4 is 16.7 Å². The van der Waals surface area contributed by atoms with Crippen molar-refractivity contribution < 1.29 is 19.0 Å². The van der Waals surface area contributed by atoms with Gasteiger partial charge >= 0.3 is 5.97 Å². The molecule has 0 saturated carbocycles. The summed E-state index contributed by atoms with van der Waals surface area (Å²) in [5.74, 6) is -1.31. The first kappa shape index (κ1) is 10.4. The highest BCUT2D eigenvalue weighted by Crippen LogP contribution is 2.30. The van der Waals surface area contributed by atoms with Crippen LogP contribution in [-0.2, 0) is 0 Å². The number of halogens is 1. The minimum Gasteiger partial charge on any atom is -0.495 e. The normalized spacial score (nSPS) is 10.4. The fraction of sp³-hybridized carbons (Fsp3) is 0.0833. The molecule has 0 atom stereocenters. The standard InChI is InChI=1S/C12H9FO3/c1-16-11-8-3-2-4-10(13)7(8)5-6-9(11)12(14)15/h2-6H,1H3,(H,14,15). The molecule has 16 heavy (non-hydrogen) atoms. The Balaban J connectivity index is 2.86. The van der Waals surface area contributed by atoms with Gasteiger partial charge in [-0.1, -0.05) is 18.2 Å². The number of fused-ring (bicyclic) bond motifs is 1. The number of rotatable bonds is 2. The van der Waals surface area contributed by atoms with Crippen molar-refractivity contribution in [2.75, 3.05) is 7.11 Å². The summed E-state index contributed by atoms with van der Waals surface area (Å²) in [4.78, 5) is 10.9. The summed E-state index contributed by atoms with van der Waals surface area (Å²) in [6.45, 7) is 0. The number of benzene rings is 2. The molecule has 3 nitrogen and oxygen atoms in total. The maximum absolute atomic E-state index is 13.4. The highest BCUT2D eigenvalue weighted by molar-refractivity contribution is 6.00. The molecule has 2 aromatic carbocycles. The molecular weight excluding hydrogens is 211 g/mol. The minimum atomic E-state index is -1.09. The van der Waals surface area contributed by atoms with E-state index >= 15 is 0 Å². The Kier molecular flexibility index (Phi) is 2.48. The smallest absolute Gasteiger partial charge is 0.339 e. The van der Waals surface area contributed by atoms with Gasteiger partial charge in [0.15, 0.2) is 0 Å². The Bertz CT molecular complexity index is 563. The molecule has 0 spiro atoms. The van der Waals surface area contributed by atoms with E-state index in [1.54, 1.807) is 6.07 Å². The number of ether oxygens (including phenoxy) is 1. The number of hydrogen-bond donors (Lipinski definition) is 1. The molecule has 0 heterocycles. The van der Waals surface area contributed by atoms with E-state index < -0.39 is 11.8 Å². The van der Waals surface area contributed by atoms with E-state index in [9.17, 15) is 9.18 Å². The predicted molar refractivity (Wildman–Crippen MR) is 57.4 cm³/mol. The lowest BCUT2D eigenvalue weighted by atomic mass is 10.0. The van der Waals surface area contributed by atoms with Crippen molar-refractivity contribution in [1.29, 1.82) is 0 Å². The van der Waals surface area contributed by atoms with E-state index in [0.717, 1.165) is 0 Å². The Morgan fingerprint density at radius 2 is 2.00 bits per heavy atom. The highest BCUT2D eigenvalue weighted by atomic mass is 19.1. The molecule has 0 radical (unpaired) electrons. The third-order valence-corrected chi connectivity index (χ3v) is 2.39. The average Bonchev–Trinajstić information content (AvgIpc) is 2.27. The SMILES string of the molecule is COc1c(C(=O)O)ccc2c(F)cccc12. The van der Waals surface area contributed by atoms with Crippen LogP contribution in [0.3, 0.4) is 0 Å². The molecule has 1 N–H and O–H groups in total. The van der Waals surface area contributed by atoms with E-state index in [2.05, 4.69) is 0 Å². The molecule has 0 fully saturated rings. The summed E-state index contributed by atoms with van der Waals surface area (Å²) < 4.78 is 18.5. The van der Waals surface area contributed by atoms with Gasteiger partial charge in [-0.15, -0.1) is 0 Å². The summed E-state index contributed by atoms with van der Waals surface area (Å²) in [5.41, 5.74) is 0.0283. The molecule has 0 aliphatic rings. The molecule has 0 bridgehead atoms. The largest absolute Gasteiger partial charge is 0.495 e. The number of hydrogen-bond acceptors (Lipinski definition) is 2. The second kappa shape index (κ2) is 3.81. The van der Waals surface area contributed by atoms with Gasteiger partial charge in [-0.2, -0.15) is 0 Å². The fourth-order valence-electron chi connectivity index (χ4n) is 1.68. The van der Waals surface area contributed by atoms with Gasteiger partial charge in [-0.3, -0.25) is 0 Å². The van der Waals surface area contributed by atoms with Gasteiger partial charge in [0.05, 0.1) is 7.11 Å². The van der Waals surface area contributed by atoms with Crippen molar-refractivity contribution in [3.05, 3.63) is 41.7 Å². The minimum absolute atomic E-state index is 0.0283. The lowest BCUT2D eigenvalue weighted by Crippen LogP contribution is -2.01. The molecule has 0 aliphatic carbocycles. The van der Waals surface area contributed by atoms with Crippen molar-refractivity contribution in [3.63, 3.8) is 0 Å². The summed E-state index contributed by atoms with van der Waals surface area (Å²) in [6, 6.07) is 7.25. The van der Waals surface area contributed by atoms with Gasteiger partial charge in [-0.05, 0) is 12.1 Å². The van der Waals surface area contributed by atoms with Gasteiger partial charge in [0.2, 0.25) is 0 Å². The summed E-state index contributed by atoms with van der Waals surface area (Å²) in [5, 5.41) is 9.76. The Labute approximate surface area is 91.1 Å². The molecular formula is C12H9FO3. The first-order chi connectivity index (χ1) is 7.65. The van der Waals surface area contributed by atoms with E-state index in [0.29, 0.717) is 10.8 Å². The predicted octanol–water partition coefficient (Wildman–Crippen LogP) is 2.69. The van der Waals surface area contributed by atoms with Crippen LogP contribution in [0, 0.1) is 5.82 Å². The van der Waals surface area contributed by atoms with Crippen LogP contribution < -0.4 is 4.74 Å². The van der Waals surface area contributed by atoms with E-state index in [1.807, 2.05) is 0 Å². The highest BCUT2D eigenvalue weighted by Gasteiger charge is 2.15. The zero-order chi connectivity index (χ0) is 11.7. The van der Waals surface area contributed by atoms with Gasteiger partial charge in [0.25, 0.3) is 0 Å². The van der Waals surface area contributed by atoms with Crippen LogP contribution in [0.25, 0.3) is 10.8 Å². The van der Waals surface area contributed by atoms with Crippen LogP contribution in [-0.4, -0.2) is 18.2 Å². The van der Waals surface area contributed by atoms with Crippen LogP contribution in [0.1, 0.15) is 10.4 Å². The van der Waals surface area contributed by atoms with Crippen LogP contribution in [0.2, 0.25) is 0 Å². The molecule has 0 amide bonds. The van der Waals surface area contributed by atoms with Crippen molar-refractivity contribution in [1.82, 2.24) is 0 Å². The number of aromatic carboxylic acids is 1. The van der Waals surface area contributed by atoms with Crippen LogP contribution >= 0.6 is 0 Å². The zero-order valence-electron chi connectivity index (χ0n) is 8.53. The summed E-state index contributed by atoms with van der Waals surface area (Å²) in [6.07, 6.45) is 0. The molecule has 2 rings (SSSR count). The molecule has 82 valence electrons. The number of carboxylic acids is 1. The van der Waals surface area contributed by atoms with Crippen molar-refractivity contribution in [3.8, 4) is 5.75 Å². The van der Waals surface area contributed by atoms with Gasteiger partial charge < -0.3 is 9.84 Å². The molecule has 0 saturated heterocycles. The molecule has 0 aliphatic heterocycles.